The van der Waals surface area contributed by atoms with E-state index in [1.54, 1.807) is 0 Å². The summed E-state index contributed by atoms with van der Waals surface area (Å²) in [6, 6.07) is 19.2. The number of benzene rings is 2. The molecular weight excluding hydrogens is 318 g/mol. The van der Waals surface area contributed by atoms with Crippen LogP contribution in [0.5, 0.6) is 0 Å². The second-order valence-electron chi connectivity index (χ2n) is 8.04. The minimum Gasteiger partial charge on any atom is -0.455 e. The number of fused-ring (bicyclic) bond motifs is 5. The fourth-order valence-corrected chi connectivity index (χ4v) is 5.43. The zero-order valence-electron chi connectivity index (χ0n) is 14.7. The van der Waals surface area contributed by atoms with Crippen LogP contribution in [0.3, 0.4) is 0 Å². The molecule has 0 radical (unpaired) electrons. The Morgan fingerprint density at radius 2 is 1.81 bits per heavy atom. The van der Waals surface area contributed by atoms with Crippen LogP contribution in [-0.4, -0.2) is 4.98 Å². The van der Waals surface area contributed by atoms with Crippen LogP contribution < -0.4 is 0 Å². The first-order valence-electron chi connectivity index (χ1n) is 9.73. The Hall–Kier alpha value is -2.61. The van der Waals surface area contributed by atoms with Gasteiger partial charge >= 0.3 is 0 Å². The van der Waals surface area contributed by atoms with Gasteiger partial charge in [-0.15, -0.1) is 0 Å². The first-order valence-corrected chi connectivity index (χ1v) is 9.73. The van der Waals surface area contributed by atoms with Crippen molar-refractivity contribution in [1.29, 1.82) is 0 Å². The summed E-state index contributed by atoms with van der Waals surface area (Å²) < 4.78 is 6.21. The summed E-state index contributed by atoms with van der Waals surface area (Å²) in [6.07, 6.45) is 7.63. The quantitative estimate of drug-likeness (QED) is 0.414. The second-order valence-corrected chi connectivity index (χ2v) is 8.04. The zero-order chi connectivity index (χ0) is 17.1. The fourth-order valence-electron chi connectivity index (χ4n) is 5.43. The van der Waals surface area contributed by atoms with Gasteiger partial charge in [-0.3, -0.25) is 4.98 Å². The lowest BCUT2D eigenvalue weighted by atomic mass is 9.83. The Labute approximate surface area is 152 Å². The van der Waals surface area contributed by atoms with Gasteiger partial charge in [0.15, 0.2) is 0 Å². The van der Waals surface area contributed by atoms with E-state index in [1.165, 1.54) is 42.0 Å². The molecule has 2 aromatic carbocycles. The highest BCUT2D eigenvalue weighted by molar-refractivity contribution is 6.09. The number of furan rings is 1. The van der Waals surface area contributed by atoms with Crippen LogP contribution in [-0.2, 0) is 0 Å². The van der Waals surface area contributed by atoms with E-state index >= 15 is 0 Å². The van der Waals surface area contributed by atoms with Gasteiger partial charge in [-0.2, -0.15) is 0 Å². The molecule has 6 rings (SSSR count). The molecule has 3 atom stereocenters. The standard InChI is InChI=1S/C24H21NO/c1-2-7-23-18(4-1)19-5-3-6-20(24(19)26-23)22-14-17(10-11-25-22)21-13-15-8-9-16(21)12-15/h1-7,10-11,14-16,21H,8-9,12-13H2. The van der Waals surface area contributed by atoms with Crippen LogP contribution in [0.1, 0.15) is 37.2 Å². The predicted molar refractivity (Wildman–Crippen MR) is 105 cm³/mol. The van der Waals surface area contributed by atoms with Crippen LogP contribution in [0.2, 0.25) is 0 Å². The molecule has 2 bridgehead atoms. The van der Waals surface area contributed by atoms with Crippen molar-refractivity contribution < 1.29 is 4.42 Å². The van der Waals surface area contributed by atoms with Gasteiger partial charge in [0.25, 0.3) is 0 Å². The van der Waals surface area contributed by atoms with Gasteiger partial charge in [0.2, 0.25) is 0 Å². The van der Waals surface area contributed by atoms with Crippen LogP contribution in [0.4, 0.5) is 0 Å². The highest BCUT2D eigenvalue weighted by Crippen LogP contribution is 2.53. The smallest absolute Gasteiger partial charge is 0.144 e. The summed E-state index contributed by atoms with van der Waals surface area (Å²) in [5.74, 6) is 2.57. The van der Waals surface area contributed by atoms with Crippen LogP contribution in [0.15, 0.2) is 65.2 Å². The van der Waals surface area contributed by atoms with Crippen molar-refractivity contribution in [2.45, 2.75) is 31.6 Å². The molecule has 2 aromatic heterocycles. The van der Waals surface area contributed by atoms with Crippen molar-refractivity contribution in [3.8, 4) is 11.3 Å². The lowest BCUT2D eigenvalue weighted by Gasteiger charge is -2.22. The molecule has 0 saturated heterocycles. The van der Waals surface area contributed by atoms with Crippen molar-refractivity contribution in [3.63, 3.8) is 0 Å². The molecule has 0 aliphatic heterocycles. The third-order valence-corrected chi connectivity index (χ3v) is 6.63. The maximum Gasteiger partial charge on any atom is 0.144 e. The maximum absolute atomic E-state index is 6.21. The molecule has 0 amide bonds. The molecule has 128 valence electrons. The monoisotopic (exact) mass is 339 g/mol. The van der Waals surface area contributed by atoms with E-state index in [1.807, 2.05) is 18.3 Å². The number of hydrogen-bond acceptors (Lipinski definition) is 2. The van der Waals surface area contributed by atoms with E-state index in [0.717, 1.165) is 40.2 Å². The average molecular weight is 339 g/mol. The van der Waals surface area contributed by atoms with Crippen molar-refractivity contribution >= 4 is 21.9 Å². The third kappa shape index (κ3) is 2.08. The van der Waals surface area contributed by atoms with Crippen molar-refractivity contribution in [3.05, 3.63) is 66.4 Å². The zero-order valence-corrected chi connectivity index (χ0v) is 14.7. The van der Waals surface area contributed by atoms with E-state index in [0.29, 0.717) is 0 Å². The molecule has 0 N–H and O–H groups in total. The molecule has 2 saturated carbocycles. The summed E-state index contributed by atoms with van der Waals surface area (Å²) in [4.78, 5) is 4.70. The van der Waals surface area contributed by atoms with Crippen LogP contribution in [0, 0.1) is 11.8 Å². The first-order chi connectivity index (χ1) is 12.9. The summed E-state index contributed by atoms with van der Waals surface area (Å²) in [5.41, 5.74) is 5.50. The predicted octanol–water partition coefficient (Wildman–Crippen LogP) is 6.55. The van der Waals surface area contributed by atoms with Gasteiger partial charge in [0.1, 0.15) is 11.2 Å². The molecule has 2 aliphatic carbocycles. The van der Waals surface area contributed by atoms with E-state index in [-0.39, 0.29) is 0 Å². The second kappa shape index (κ2) is 5.44. The van der Waals surface area contributed by atoms with Gasteiger partial charge in [-0.25, -0.2) is 0 Å². The number of rotatable bonds is 2. The van der Waals surface area contributed by atoms with Crippen molar-refractivity contribution in [2.75, 3.05) is 0 Å². The molecule has 2 nitrogen and oxygen atoms in total. The SMILES string of the molecule is c1ccc2c(c1)oc1c(-c3cc(C4CC5CCC4C5)ccn3)cccc12. The van der Waals surface area contributed by atoms with Gasteiger partial charge in [0, 0.05) is 22.5 Å². The van der Waals surface area contributed by atoms with E-state index < -0.39 is 0 Å². The number of nitrogens with zero attached hydrogens (tertiary/aromatic N) is 1. The lowest BCUT2D eigenvalue weighted by Crippen LogP contribution is -2.08. The van der Waals surface area contributed by atoms with E-state index in [2.05, 4.69) is 42.5 Å². The van der Waals surface area contributed by atoms with Crippen molar-refractivity contribution in [2.24, 2.45) is 11.8 Å². The van der Waals surface area contributed by atoms with Crippen LogP contribution >= 0.6 is 0 Å². The lowest BCUT2D eigenvalue weighted by molar-refractivity contribution is 0.420. The Balaban J connectivity index is 1.50. The number of hydrogen-bond donors (Lipinski definition) is 0. The normalized spacial score (nSPS) is 24.7. The average Bonchev–Trinajstić information content (AvgIpc) is 3.41. The minimum atomic E-state index is 0.727. The minimum absolute atomic E-state index is 0.727. The van der Waals surface area contributed by atoms with Gasteiger partial charge in [0.05, 0.1) is 5.69 Å². The summed E-state index contributed by atoms with van der Waals surface area (Å²) in [6.45, 7) is 0. The molecule has 26 heavy (non-hydrogen) atoms. The molecule has 2 aliphatic rings. The highest BCUT2D eigenvalue weighted by Gasteiger charge is 2.40. The topological polar surface area (TPSA) is 26.0 Å². The number of pyridine rings is 1. The van der Waals surface area contributed by atoms with Gasteiger partial charge in [-0.05, 0) is 66.8 Å². The molecule has 4 aromatic rings. The van der Waals surface area contributed by atoms with E-state index in [9.17, 15) is 0 Å². The molecule has 3 unspecified atom stereocenters. The molecule has 2 heterocycles. The molecular formula is C24H21NO. The first kappa shape index (κ1) is 14.5. The Morgan fingerprint density at radius 1 is 0.885 bits per heavy atom. The summed E-state index contributed by atoms with van der Waals surface area (Å²) in [7, 11) is 0. The molecule has 2 heteroatoms. The van der Waals surface area contributed by atoms with Crippen LogP contribution in [0.25, 0.3) is 33.2 Å². The Bertz CT molecular complexity index is 1130. The largest absolute Gasteiger partial charge is 0.455 e. The Kier molecular flexibility index (Phi) is 3.04. The number of aromatic nitrogens is 1. The molecule has 0 spiro atoms. The van der Waals surface area contributed by atoms with Gasteiger partial charge < -0.3 is 4.42 Å². The van der Waals surface area contributed by atoms with E-state index in [4.69, 9.17) is 9.40 Å². The maximum atomic E-state index is 6.21. The van der Waals surface area contributed by atoms with Crippen molar-refractivity contribution in [1.82, 2.24) is 4.98 Å². The highest BCUT2D eigenvalue weighted by atomic mass is 16.3. The Morgan fingerprint density at radius 3 is 2.69 bits per heavy atom. The third-order valence-electron chi connectivity index (χ3n) is 6.63. The molecule has 2 fully saturated rings. The fraction of sp³-hybridized carbons (Fsp3) is 0.292. The van der Waals surface area contributed by atoms with Gasteiger partial charge in [-0.1, -0.05) is 36.8 Å². The number of para-hydroxylation sites is 2. The summed E-state index contributed by atoms with van der Waals surface area (Å²) >= 11 is 0. The summed E-state index contributed by atoms with van der Waals surface area (Å²) in [5, 5.41) is 2.35.